The van der Waals surface area contributed by atoms with Crippen molar-refractivity contribution in [1.29, 1.82) is 0 Å². The summed E-state index contributed by atoms with van der Waals surface area (Å²) in [5.41, 5.74) is 2.09. The van der Waals surface area contributed by atoms with Gasteiger partial charge in [0.05, 0.1) is 7.11 Å². The van der Waals surface area contributed by atoms with Gasteiger partial charge in [0.1, 0.15) is 0 Å². The highest BCUT2D eigenvalue weighted by atomic mass is 16.5. The molecule has 1 aromatic rings. The highest BCUT2D eigenvalue weighted by Gasteiger charge is 2.02. The molecule has 0 atom stereocenters. The van der Waals surface area contributed by atoms with E-state index in [9.17, 15) is 9.59 Å². The zero-order valence-corrected chi connectivity index (χ0v) is 14.2. The summed E-state index contributed by atoms with van der Waals surface area (Å²) in [6.45, 7) is 2.78. The van der Waals surface area contributed by atoms with Crippen LogP contribution in [-0.4, -0.2) is 25.7 Å². The maximum Gasteiger partial charge on any atom is 0.319 e. The smallest absolute Gasteiger partial charge is 0.319 e. The lowest BCUT2D eigenvalue weighted by molar-refractivity contribution is -0.140. The van der Waals surface area contributed by atoms with E-state index in [0.29, 0.717) is 13.0 Å². The Kier molecular flexibility index (Phi) is 9.52. The van der Waals surface area contributed by atoms with Crippen LogP contribution in [0.3, 0.4) is 0 Å². The van der Waals surface area contributed by atoms with Gasteiger partial charge in [-0.15, -0.1) is 0 Å². The summed E-state index contributed by atoms with van der Waals surface area (Å²) < 4.78 is 4.57. The van der Waals surface area contributed by atoms with Crippen LogP contribution < -0.4 is 10.6 Å². The molecular formula is C18H28N2O3. The van der Waals surface area contributed by atoms with Gasteiger partial charge in [-0.25, -0.2) is 4.79 Å². The fraction of sp³-hybridized carbons (Fsp3) is 0.556. The minimum atomic E-state index is -0.195. The van der Waals surface area contributed by atoms with Crippen molar-refractivity contribution in [1.82, 2.24) is 5.32 Å². The van der Waals surface area contributed by atoms with E-state index < -0.39 is 0 Å². The van der Waals surface area contributed by atoms with Crippen LogP contribution in [0.4, 0.5) is 10.5 Å². The van der Waals surface area contributed by atoms with E-state index in [0.717, 1.165) is 31.4 Å². The van der Waals surface area contributed by atoms with Crippen molar-refractivity contribution < 1.29 is 14.3 Å². The number of carbonyl (C=O) groups excluding carboxylic acids is 2. The van der Waals surface area contributed by atoms with Crippen LogP contribution in [0.25, 0.3) is 0 Å². The van der Waals surface area contributed by atoms with Crippen molar-refractivity contribution in [2.45, 2.75) is 51.9 Å². The number of rotatable bonds is 10. The number of carbonyl (C=O) groups is 2. The Hall–Kier alpha value is -2.04. The average molecular weight is 320 g/mol. The molecule has 0 bridgehead atoms. The number of amides is 2. The van der Waals surface area contributed by atoms with E-state index in [4.69, 9.17) is 0 Å². The topological polar surface area (TPSA) is 67.4 Å². The molecule has 0 saturated carbocycles. The van der Waals surface area contributed by atoms with Gasteiger partial charge in [-0.05, 0) is 43.4 Å². The van der Waals surface area contributed by atoms with Crippen LogP contribution in [0.2, 0.25) is 0 Å². The number of anilines is 1. The van der Waals surface area contributed by atoms with Gasteiger partial charge in [0.25, 0.3) is 0 Å². The van der Waals surface area contributed by atoms with Gasteiger partial charge < -0.3 is 15.4 Å². The fourth-order valence-electron chi connectivity index (χ4n) is 2.19. The van der Waals surface area contributed by atoms with E-state index in [1.165, 1.54) is 25.5 Å². The Balaban J connectivity index is 2.15. The number of hydrogen-bond acceptors (Lipinski definition) is 3. The summed E-state index contributed by atoms with van der Waals surface area (Å²) in [6.07, 6.45) is 6.41. The van der Waals surface area contributed by atoms with Crippen LogP contribution in [0, 0.1) is 0 Å². The first-order valence-corrected chi connectivity index (χ1v) is 8.36. The number of ether oxygens (including phenoxy) is 1. The summed E-state index contributed by atoms with van der Waals surface area (Å²) in [4.78, 5) is 22.7. The molecule has 1 aromatic carbocycles. The van der Waals surface area contributed by atoms with Gasteiger partial charge in [-0.3, -0.25) is 4.79 Å². The van der Waals surface area contributed by atoms with Gasteiger partial charge in [0, 0.05) is 18.7 Å². The Bertz CT molecular complexity index is 472. The number of nitrogens with one attached hydrogen (secondary N) is 2. The van der Waals surface area contributed by atoms with Gasteiger partial charge in [-0.1, -0.05) is 31.9 Å². The molecule has 23 heavy (non-hydrogen) atoms. The summed E-state index contributed by atoms with van der Waals surface area (Å²) in [7, 11) is 1.39. The van der Waals surface area contributed by atoms with Gasteiger partial charge in [0.15, 0.2) is 0 Å². The molecular weight excluding hydrogens is 292 g/mol. The number of methoxy groups -OCH3 is 1. The number of unbranched alkanes of at least 4 members (excludes halogenated alkanes) is 3. The predicted molar refractivity (Wildman–Crippen MR) is 92.6 cm³/mol. The molecule has 0 radical (unpaired) electrons. The molecule has 0 heterocycles. The van der Waals surface area contributed by atoms with Crippen molar-refractivity contribution in [3.63, 3.8) is 0 Å². The molecule has 128 valence electrons. The van der Waals surface area contributed by atoms with E-state index in [1.807, 2.05) is 12.1 Å². The number of hydrogen-bond donors (Lipinski definition) is 2. The lowest BCUT2D eigenvalue weighted by atomic mass is 10.1. The molecule has 2 amide bonds. The largest absolute Gasteiger partial charge is 0.469 e. The van der Waals surface area contributed by atoms with Crippen LogP contribution in [0.15, 0.2) is 24.3 Å². The number of urea groups is 1. The van der Waals surface area contributed by atoms with Crippen LogP contribution in [-0.2, 0) is 16.0 Å². The van der Waals surface area contributed by atoms with Crippen molar-refractivity contribution in [2.24, 2.45) is 0 Å². The van der Waals surface area contributed by atoms with Crippen molar-refractivity contribution in [2.75, 3.05) is 19.0 Å². The highest BCUT2D eigenvalue weighted by Crippen LogP contribution is 2.11. The standard InChI is InChI=1S/C18H28N2O3/c1-3-4-8-15-10-12-16(13-11-15)20-18(22)19-14-7-5-6-9-17(21)23-2/h10-13H,3-9,14H2,1-2H3,(H2,19,20,22). The molecule has 0 aliphatic heterocycles. The maximum atomic E-state index is 11.8. The summed E-state index contributed by atoms with van der Waals surface area (Å²) >= 11 is 0. The Morgan fingerprint density at radius 2 is 1.78 bits per heavy atom. The monoisotopic (exact) mass is 320 g/mol. The average Bonchev–Trinajstić information content (AvgIpc) is 2.57. The lowest BCUT2D eigenvalue weighted by Crippen LogP contribution is -2.29. The normalized spacial score (nSPS) is 10.2. The molecule has 5 nitrogen and oxygen atoms in total. The van der Waals surface area contributed by atoms with Crippen molar-refractivity contribution in [3.8, 4) is 0 Å². The molecule has 0 unspecified atom stereocenters. The molecule has 5 heteroatoms. The second kappa shape index (κ2) is 11.5. The van der Waals surface area contributed by atoms with Crippen LogP contribution in [0.1, 0.15) is 51.0 Å². The second-order valence-corrected chi connectivity index (χ2v) is 5.57. The van der Waals surface area contributed by atoms with Gasteiger partial charge in [0.2, 0.25) is 0 Å². The van der Waals surface area contributed by atoms with Crippen LogP contribution >= 0.6 is 0 Å². The SMILES string of the molecule is CCCCc1ccc(NC(=O)NCCCCCC(=O)OC)cc1. The third-order valence-electron chi connectivity index (χ3n) is 3.60. The van der Waals surface area contributed by atoms with Gasteiger partial charge in [-0.2, -0.15) is 0 Å². The summed E-state index contributed by atoms with van der Waals surface area (Å²) in [6, 6.07) is 7.78. The zero-order chi connectivity index (χ0) is 16.9. The lowest BCUT2D eigenvalue weighted by Gasteiger charge is -2.08. The van der Waals surface area contributed by atoms with E-state index in [2.05, 4.69) is 34.4 Å². The Morgan fingerprint density at radius 3 is 2.43 bits per heavy atom. The van der Waals surface area contributed by atoms with Gasteiger partial charge >= 0.3 is 12.0 Å². The Morgan fingerprint density at radius 1 is 1.04 bits per heavy atom. The first kappa shape index (κ1) is 19.0. The zero-order valence-electron chi connectivity index (χ0n) is 14.2. The second-order valence-electron chi connectivity index (χ2n) is 5.57. The van der Waals surface area contributed by atoms with Crippen molar-refractivity contribution in [3.05, 3.63) is 29.8 Å². The molecule has 0 aromatic heterocycles. The minimum absolute atomic E-state index is 0.182. The first-order chi connectivity index (χ1) is 11.2. The fourth-order valence-corrected chi connectivity index (χ4v) is 2.19. The molecule has 2 N–H and O–H groups in total. The maximum absolute atomic E-state index is 11.8. The first-order valence-electron chi connectivity index (χ1n) is 8.36. The Labute approximate surface area is 138 Å². The molecule has 0 aliphatic rings. The number of esters is 1. The predicted octanol–water partition coefficient (Wildman–Crippen LogP) is 3.88. The quantitative estimate of drug-likeness (QED) is 0.508. The third kappa shape index (κ3) is 8.86. The third-order valence-corrected chi connectivity index (χ3v) is 3.60. The van der Waals surface area contributed by atoms with E-state index in [1.54, 1.807) is 0 Å². The summed E-state index contributed by atoms with van der Waals surface area (Å²) in [5.74, 6) is -0.182. The molecule has 1 rings (SSSR count). The minimum Gasteiger partial charge on any atom is -0.469 e. The summed E-state index contributed by atoms with van der Waals surface area (Å²) in [5, 5.41) is 5.64. The highest BCUT2D eigenvalue weighted by molar-refractivity contribution is 5.89. The molecule has 0 fully saturated rings. The van der Waals surface area contributed by atoms with E-state index in [-0.39, 0.29) is 12.0 Å². The number of aryl methyl sites for hydroxylation is 1. The van der Waals surface area contributed by atoms with E-state index >= 15 is 0 Å². The van der Waals surface area contributed by atoms with Crippen molar-refractivity contribution >= 4 is 17.7 Å². The molecule has 0 spiro atoms. The molecule has 0 aliphatic carbocycles. The molecule has 0 saturated heterocycles. The van der Waals surface area contributed by atoms with Crippen LogP contribution in [0.5, 0.6) is 0 Å². The number of benzene rings is 1.